The third-order valence-corrected chi connectivity index (χ3v) is 5.33. The summed E-state index contributed by atoms with van der Waals surface area (Å²) in [5.41, 5.74) is 0.840. The highest BCUT2D eigenvalue weighted by molar-refractivity contribution is 7.85. The van der Waals surface area contributed by atoms with Crippen molar-refractivity contribution in [2.75, 3.05) is 30.9 Å². The van der Waals surface area contributed by atoms with Gasteiger partial charge in [-0.3, -0.25) is 4.21 Å². The molecule has 0 aliphatic carbocycles. The summed E-state index contributed by atoms with van der Waals surface area (Å²) in [4.78, 5) is 11.4. The molecule has 0 saturated carbocycles. The van der Waals surface area contributed by atoms with Crippen LogP contribution in [0.2, 0.25) is 5.28 Å². The van der Waals surface area contributed by atoms with Crippen LogP contribution in [0.15, 0.2) is 4.90 Å². The van der Waals surface area contributed by atoms with E-state index in [4.69, 9.17) is 16.3 Å². The van der Waals surface area contributed by atoms with Crippen molar-refractivity contribution >= 4 is 28.2 Å². The number of ether oxygens (including phenoxy) is 1. The zero-order chi connectivity index (χ0) is 13.4. The van der Waals surface area contributed by atoms with Crippen molar-refractivity contribution in [3.8, 4) is 0 Å². The first-order valence-electron chi connectivity index (χ1n) is 6.42. The number of aromatic nitrogens is 2. The highest BCUT2D eigenvalue weighted by Gasteiger charge is 2.30. The van der Waals surface area contributed by atoms with Crippen molar-refractivity contribution in [3.05, 3.63) is 11.0 Å². The normalized spacial score (nSPS) is 23.4. The molecule has 1 fully saturated rings. The van der Waals surface area contributed by atoms with Gasteiger partial charge in [0, 0.05) is 38.5 Å². The first-order chi connectivity index (χ1) is 9.16. The SMILES string of the molecule is CN(c1nc(Cl)nc2c1S(=O)CC2)C1CCOCC1. The molecular formula is C12H16ClN3O2S. The van der Waals surface area contributed by atoms with Gasteiger partial charge in [-0.25, -0.2) is 4.98 Å². The van der Waals surface area contributed by atoms with Crippen molar-refractivity contribution in [1.82, 2.24) is 9.97 Å². The van der Waals surface area contributed by atoms with Crippen molar-refractivity contribution in [3.63, 3.8) is 0 Å². The molecule has 3 heterocycles. The Morgan fingerprint density at radius 2 is 2.11 bits per heavy atom. The predicted octanol–water partition coefficient (Wildman–Crippen LogP) is 1.41. The molecule has 2 aliphatic rings. The molecule has 0 N–H and O–H groups in total. The average Bonchev–Trinajstić information content (AvgIpc) is 2.79. The molecule has 19 heavy (non-hydrogen) atoms. The van der Waals surface area contributed by atoms with Crippen molar-refractivity contribution < 1.29 is 8.95 Å². The van der Waals surface area contributed by atoms with Crippen LogP contribution in [-0.4, -0.2) is 46.2 Å². The number of hydrogen-bond donors (Lipinski definition) is 0. The van der Waals surface area contributed by atoms with Crippen molar-refractivity contribution in [2.45, 2.75) is 30.2 Å². The fourth-order valence-electron chi connectivity index (χ4n) is 2.63. The molecule has 0 aromatic carbocycles. The Balaban J connectivity index is 1.97. The molecule has 1 aromatic heterocycles. The summed E-state index contributed by atoms with van der Waals surface area (Å²) < 4.78 is 17.5. The number of nitrogens with zero attached hydrogens (tertiary/aromatic N) is 3. The third kappa shape index (κ3) is 2.49. The van der Waals surface area contributed by atoms with Crippen molar-refractivity contribution in [2.24, 2.45) is 0 Å². The monoisotopic (exact) mass is 301 g/mol. The van der Waals surface area contributed by atoms with Crippen LogP contribution < -0.4 is 4.90 Å². The number of anilines is 1. The fraction of sp³-hybridized carbons (Fsp3) is 0.667. The molecule has 3 rings (SSSR count). The fourth-order valence-corrected chi connectivity index (χ4v) is 4.20. The molecule has 0 spiro atoms. The van der Waals surface area contributed by atoms with E-state index in [1.807, 2.05) is 7.05 Å². The zero-order valence-corrected chi connectivity index (χ0v) is 12.3. The second-order valence-electron chi connectivity index (χ2n) is 4.85. The van der Waals surface area contributed by atoms with Crippen LogP contribution in [0.5, 0.6) is 0 Å². The predicted molar refractivity (Wildman–Crippen MR) is 74.3 cm³/mol. The summed E-state index contributed by atoms with van der Waals surface area (Å²) >= 11 is 5.99. The maximum Gasteiger partial charge on any atom is 0.224 e. The zero-order valence-electron chi connectivity index (χ0n) is 10.8. The van der Waals surface area contributed by atoms with Gasteiger partial charge in [0.15, 0.2) is 0 Å². The molecule has 2 aliphatic heterocycles. The summed E-state index contributed by atoms with van der Waals surface area (Å²) in [5.74, 6) is 1.36. The van der Waals surface area contributed by atoms with E-state index in [9.17, 15) is 4.21 Å². The third-order valence-electron chi connectivity index (χ3n) is 3.72. The molecular weight excluding hydrogens is 286 g/mol. The molecule has 5 nitrogen and oxygen atoms in total. The molecule has 7 heteroatoms. The van der Waals surface area contributed by atoms with Crippen LogP contribution in [0.4, 0.5) is 5.82 Å². The molecule has 1 atom stereocenters. The van der Waals surface area contributed by atoms with Crippen molar-refractivity contribution in [1.29, 1.82) is 0 Å². The van der Waals surface area contributed by atoms with E-state index in [0.717, 1.165) is 48.9 Å². The lowest BCUT2D eigenvalue weighted by atomic mass is 10.1. The highest BCUT2D eigenvalue weighted by Crippen LogP contribution is 2.32. The van der Waals surface area contributed by atoms with Gasteiger partial charge < -0.3 is 9.64 Å². The molecule has 0 bridgehead atoms. The number of aryl methyl sites for hydroxylation is 1. The van der Waals surface area contributed by atoms with Gasteiger partial charge in [-0.1, -0.05) is 0 Å². The van der Waals surface area contributed by atoms with Crippen LogP contribution in [-0.2, 0) is 22.0 Å². The van der Waals surface area contributed by atoms with E-state index in [1.54, 1.807) is 0 Å². The highest BCUT2D eigenvalue weighted by atomic mass is 35.5. The van der Waals surface area contributed by atoms with Gasteiger partial charge in [0.1, 0.15) is 10.7 Å². The van der Waals surface area contributed by atoms with Crippen LogP contribution in [0.3, 0.4) is 0 Å². The van der Waals surface area contributed by atoms with E-state index in [0.29, 0.717) is 11.8 Å². The molecule has 104 valence electrons. The van der Waals surface area contributed by atoms with Crippen LogP contribution in [0.1, 0.15) is 18.5 Å². The van der Waals surface area contributed by atoms with Crippen LogP contribution in [0.25, 0.3) is 0 Å². The number of hydrogen-bond acceptors (Lipinski definition) is 5. The van der Waals surface area contributed by atoms with E-state index < -0.39 is 10.8 Å². The maximum atomic E-state index is 12.1. The van der Waals surface area contributed by atoms with E-state index in [-0.39, 0.29) is 5.28 Å². The van der Waals surface area contributed by atoms with Gasteiger partial charge in [0.2, 0.25) is 5.28 Å². The first-order valence-corrected chi connectivity index (χ1v) is 8.12. The minimum Gasteiger partial charge on any atom is -0.381 e. The molecule has 0 amide bonds. The maximum absolute atomic E-state index is 12.1. The second kappa shape index (κ2) is 5.34. The Labute approximate surface area is 119 Å². The molecule has 1 aromatic rings. The lowest BCUT2D eigenvalue weighted by Gasteiger charge is -2.32. The second-order valence-corrected chi connectivity index (χ2v) is 6.69. The Hall–Kier alpha value is -0.720. The van der Waals surface area contributed by atoms with Gasteiger partial charge in [0.25, 0.3) is 0 Å². The van der Waals surface area contributed by atoms with Gasteiger partial charge in [0.05, 0.1) is 16.5 Å². The average molecular weight is 302 g/mol. The minimum atomic E-state index is -0.999. The van der Waals surface area contributed by atoms with Gasteiger partial charge in [-0.2, -0.15) is 4.98 Å². The smallest absolute Gasteiger partial charge is 0.224 e. The van der Waals surface area contributed by atoms with E-state index >= 15 is 0 Å². The van der Waals surface area contributed by atoms with E-state index in [2.05, 4.69) is 14.9 Å². The number of halogens is 1. The van der Waals surface area contributed by atoms with Gasteiger partial charge in [-0.15, -0.1) is 0 Å². The largest absolute Gasteiger partial charge is 0.381 e. The summed E-state index contributed by atoms with van der Waals surface area (Å²) in [6.07, 6.45) is 2.64. The summed E-state index contributed by atoms with van der Waals surface area (Å²) in [6, 6.07) is 0.362. The van der Waals surface area contributed by atoms with E-state index in [1.165, 1.54) is 0 Å². The first kappa shape index (κ1) is 13.3. The minimum absolute atomic E-state index is 0.242. The Morgan fingerprint density at radius 3 is 2.84 bits per heavy atom. The van der Waals surface area contributed by atoms with Crippen LogP contribution >= 0.6 is 11.6 Å². The molecule has 0 radical (unpaired) electrons. The quantitative estimate of drug-likeness (QED) is 0.773. The lowest BCUT2D eigenvalue weighted by Crippen LogP contribution is -2.37. The molecule has 1 saturated heterocycles. The van der Waals surface area contributed by atoms with Gasteiger partial charge >= 0.3 is 0 Å². The molecule has 1 unspecified atom stereocenters. The number of fused-ring (bicyclic) bond motifs is 1. The summed E-state index contributed by atoms with van der Waals surface area (Å²) in [6.45, 7) is 1.53. The lowest BCUT2D eigenvalue weighted by molar-refractivity contribution is 0.0852. The Kier molecular flexibility index (Phi) is 3.73. The Morgan fingerprint density at radius 1 is 1.37 bits per heavy atom. The van der Waals surface area contributed by atoms with Crippen LogP contribution in [0, 0.1) is 0 Å². The van der Waals surface area contributed by atoms with Gasteiger partial charge in [-0.05, 0) is 24.4 Å². The topological polar surface area (TPSA) is 55.3 Å². The summed E-state index contributed by atoms with van der Waals surface area (Å²) in [5, 5.41) is 0.242. The standard InChI is InChI=1S/C12H16ClN3O2S/c1-16(8-2-5-18-6-3-8)11-10-9(4-7-19(10)17)14-12(13)15-11/h8H,2-7H2,1H3. The Bertz CT molecular complexity index is 520. The number of rotatable bonds is 2. The summed E-state index contributed by atoms with van der Waals surface area (Å²) in [7, 11) is 0.991.